The van der Waals surface area contributed by atoms with Gasteiger partial charge in [-0.25, -0.2) is 0 Å². The molecule has 1 unspecified atom stereocenters. The van der Waals surface area contributed by atoms with E-state index >= 15 is 0 Å². The van der Waals surface area contributed by atoms with Crippen LogP contribution < -0.4 is 5.73 Å². The van der Waals surface area contributed by atoms with E-state index in [1.54, 1.807) is 0 Å². The Balaban J connectivity index is 1.82. The second kappa shape index (κ2) is 6.63. The molecule has 0 spiro atoms. The molecule has 1 aliphatic heterocycles. The van der Waals surface area contributed by atoms with Gasteiger partial charge in [0.05, 0.1) is 0 Å². The Morgan fingerprint density at radius 2 is 1.64 bits per heavy atom. The maximum absolute atomic E-state index is 6.47. The number of allylic oxidation sites excluding steroid dienone is 2. The fraction of sp³-hybridized carbons (Fsp3) is 0.200. The smallest absolute Gasteiger partial charge is 0.0487 e. The predicted octanol–water partition coefficient (Wildman–Crippen LogP) is 3.47. The second-order valence-electron chi connectivity index (χ2n) is 5.77. The first-order chi connectivity index (χ1) is 10.7. The molecule has 2 nitrogen and oxygen atoms in total. The van der Waals surface area contributed by atoms with E-state index in [2.05, 4.69) is 72.6 Å². The van der Waals surface area contributed by atoms with Gasteiger partial charge < -0.3 is 10.6 Å². The molecule has 22 heavy (non-hydrogen) atoms. The minimum Gasteiger partial charge on any atom is -0.373 e. The Morgan fingerprint density at radius 3 is 2.32 bits per heavy atom. The third kappa shape index (κ3) is 3.29. The zero-order chi connectivity index (χ0) is 15.4. The van der Waals surface area contributed by atoms with E-state index in [1.165, 1.54) is 22.4 Å². The molecule has 1 atom stereocenters. The first kappa shape index (κ1) is 14.6. The summed E-state index contributed by atoms with van der Waals surface area (Å²) in [6.07, 6.45) is 5.35. The van der Waals surface area contributed by atoms with E-state index in [4.69, 9.17) is 5.73 Å². The minimum atomic E-state index is 0.0137. The number of nitrogens with two attached hydrogens (primary N) is 1. The molecule has 0 aliphatic carbocycles. The maximum Gasteiger partial charge on any atom is 0.0487 e. The molecule has 0 fully saturated rings. The van der Waals surface area contributed by atoms with Gasteiger partial charge in [-0.2, -0.15) is 0 Å². The second-order valence-corrected chi connectivity index (χ2v) is 5.77. The van der Waals surface area contributed by atoms with Crippen LogP contribution in [0.15, 0.2) is 78.5 Å². The van der Waals surface area contributed by atoms with Gasteiger partial charge in [-0.3, -0.25) is 0 Å². The first-order valence-electron chi connectivity index (χ1n) is 7.72. The van der Waals surface area contributed by atoms with Crippen molar-refractivity contribution in [3.05, 3.63) is 89.6 Å². The molecule has 2 aromatic carbocycles. The fourth-order valence-corrected chi connectivity index (χ4v) is 2.86. The van der Waals surface area contributed by atoms with Crippen LogP contribution in [-0.2, 0) is 6.42 Å². The van der Waals surface area contributed by atoms with Crippen LogP contribution >= 0.6 is 0 Å². The van der Waals surface area contributed by atoms with Gasteiger partial charge in [0.1, 0.15) is 0 Å². The quantitative estimate of drug-likeness (QED) is 0.934. The van der Waals surface area contributed by atoms with E-state index in [1.807, 2.05) is 12.1 Å². The lowest BCUT2D eigenvalue weighted by Gasteiger charge is -2.30. The number of nitrogens with zero attached hydrogens (tertiary/aromatic N) is 1. The molecule has 3 rings (SSSR count). The van der Waals surface area contributed by atoms with Gasteiger partial charge in [0.2, 0.25) is 0 Å². The number of hydrogen-bond donors (Lipinski definition) is 1. The molecule has 1 heterocycles. The average molecular weight is 290 g/mol. The van der Waals surface area contributed by atoms with Crippen molar-refractivity contribution in [3.63, 3.8) is 0 Å². The lowest BCUT2D eigenvalue weighted by atomic mass is 9.96. The van der Waals surface area contributed by atoms with Crippen LogP contribution in [0, 0.1) is 0 Å². The minimum absolute atomic E-state index is 0.0137. The van der Waals surface area contributed by atoms with Gasteiger partial charge in [-0.1, -0.05) is 66.7 Å². The highest BCUT2D eigenvalue weighted by Gasteiger charge is 2.18. The van der Waals surface area contributed by atoms with Gasteiger partial charge in [0, 0.05) is 25.3 Å². The summed E-state index contributed by atoms with van der Waals surface area (Å²) in [7, 11) is 2.11. The van der Waals surface area contributed by atoms with E-state index in [0.717, 1.165) is 13.0 Å². The summed E-state index contributed by atoms with van der Waals surface area (Å²) in [5, 5.41) is 0. The summed E-state index contributed by atoms with van der Waals surface area (Å²) < 4.78 is 0. The highest BCUT2D eigenvalue weighted by atomic mass is 15.1. The standard InChI is InChI=1S/C20H22N2/c1-22-13-12-18(17-10-6-3-7-11-17)15-20(22)19(21)14-16-8-4-2-5-9-16/h2-12,15,19H,13-14,21H2,1H3. The van der Waals surface area contributed by atoms with Gasteiger partial charge in [0.25, 0.3) is 0 Å². The molecule has 2 heteroatoms. The predicted molar refractivity (Wildman–Crippen MR) is 93.3 cm³/mol. The largest absolute Gasteiger partial charge is 0.373 e. The summed E-state index contributed by atoms with van der Waals surface area (Å²) in [5.74, 6) is 0. The average Bonchev–Trinajstić information content (AvgIpc) is 2.57. The lowest BCUT2D eigenvalue weighted by Crippen LogP contribution is -2.36. The molecule has 2 aromatic rings. The van der Waals surface area contributed by atoms with E-state index in [0.29, 0.717) is 0 Å². The van der Waals surface area contributed by atoms with E-state index in [9.17, 15) is 0 Å². The first-order valence-corrected chi connectivity index (χ1v) is 7.72. The molecular formula is C20H22N2. The molecular weight excluding hydrogens is 268 g/mol. The van der Waals surface area contributed by atoms with Crippen molar-refractivity contribution in [1.82, 2.24) is 4.90 Å². The summed E-state index contributed by atoms with van der Waals surface area (Å²) in [4.78, 5) is 2.24. The summed E-state index contributed by atoms with van der Waals surface area (Å²) in [6.45, 7) is 0.901. The van der Waals surface area contributed by atoms with E-state index < -0.39 is 0 Å². The van der Waals surface area contributed by atoms with E-state index in [-0.39, 0.29) is 6.04 Å². The summed E-state index contributed by atoms with van der Waals surface area (Å²) in [5.41, 5.74) is 11.5. The molecule has 0 aromatic heterocycles. The Bertz CT molecular complexity index is 671. The summed E-state index contributed by atoms with van der Waals surface area (Å²) >= 11 is 0. The van der Waals surface area contributed by atoms with Crippen LogP contribution in [0.2, 0.25) is 0 Å². The third-order valence-corrected chi connectivity index (χ3v) is 4.11. The van der Waals surface area contributed by atoms with Crippen LogP contribution in [0.25, 0.3) is 5.57 Å². The molecule has 0 bridgehead atoms. The summed E-state index contributed by atoms with van der Waals surface area (Å²) in [6, 6.07) is 20.9. The lowest BCUT2D eigenvalue weighted by molar-refractivity contribution is 0.419. The van der Waals surface area contributed by atoms with Crippen molar-refractivity contribution in [2.45, 2.75) is 12.5 Å². The zero-order valence-corrected chi connectivity index (χ0v) is 12.9. The topological polar surface area (TPSA) is 29.3 Å². The van der Waals surface area contributed by atoms with Crippen LogP contribution in [0.3, 0.4) is 0 Å². The monoisotopic (exact) mass is 290 g/mol. The molecule has 0 amide bonds. The van der Waals surface area contributed by atoms with Crippen molar-refractivity contribution < 1.29 is 0 Å². The zero-order valence-electron chi connectivity index (χ0n) is 12.9. The fourth-order valence-electron chi connectivity index (χ4n) is 2.86. The highest BCUT2D eigenvalue weighted by Crippen LogP contribution is 2.24. The van der Waals surface area contributed by atoms with Crippen LogP contribution in [-0.4, -0.2) is 24.5 Å². The third-order valence-electron chi connectivity index (χ3n) is 4.11. The molecule has 1 aliphatic rings. The van der Waals surface area contributed by atoms with Crippen molar-refractivity contribution >= 4 is 5.57 Å². The molecule has 0 saturated heterocycles. The Morgan fingerprint density at radius 1 is 1.00 bits per heavy atom. The maximum atomic E-state index is 6.47. The number of rotatable bonds is 4. The molecule has 0 saturated carbocycles. The Labute approximate surface area is 132 Å². The van der Waals surface area contributed by atoms with Crippen LogP contribution in [0.5, 0.6) is 0 Å². The Kier molecular flexibility index (Phi) is 4.40. The van der Waals surface area contributed by atoms with Crippen LogP contribution in [0.4, 0.5) is 0 Å². The Hall–Kier alpha value is -2.32. The molecule has 112 valence electrons. The number of hydrogen-bond acceptors (Lipinski definition) is 2. The molecule has 2 N–H and O–H groups in total. The van der Waals surface area contributed by atoms with Crippen LogP contribution in [0.1, 0.15) is 11.1 Å². The van der Waals surface area contributed by atoms with Gasteiger partial charge in [-0.05, 0) is 29.2 Å². The van der Waals surface area contributed by atoms with Gasteiger partial charge >= 0.3 is 0 Å². The normalized spacial score (nSPS) is 16.0. The number of likely N-dealkylation sites (N-methyl/N-ethyl adjacent to an activating group) is 1. The highest BCUT2D eigenvalue weighted by molar-refractivity contribution is 5.75. The van der Waals surface area contributed by atoms with Crippen molar-refractivity contribution in [3.8, 4) is 0 Å². The van der Waals surface area contributed by atoms with Gasteiger partial charge in [0.15, 0.2) is 0 Å². The van der Waals surface area contributed by atoms with Gasteiger partial charge in [-0.15, -0.1) is 0 Å². The number of benzene rings is 2. The van der Waals surface area contributed by atoms with Crippen molar-refractivity contribution in [2.75, 3.05) is 13.6 Å². The van der Waals surface area contributed by atoms with Crippen molar-refractivity contribution in [2.24, 2.45) is 5.73 Å². The SMILES string of the molecule is CN1CC=C(c2ccccc2)C=C1C(N)Cc1ccccc1. The molecule has 0 radical (unpaired) electrons. The van der Waals surface area contributed by atoms with Crippen molar-refractivity contribution in [1.29, 1.82) is 0 Å².